The van der Waals surface area contributed by atoms with Crippen LogP contribution in [0.1, 0.15) is 42.0 Å². The number of rotatable bonds is 5. The van der Waals surface area contributed by atoms with Gasteiger partial charge in [0.2, 0.25) is 5.88 Å². The molecule has 0 amide bonds. The lowest BCUT2D eigenvalue weighted by molar-refractivity contribution is 0.399. The van der Waals surface area contributed by atoms with E-state index in [1.165, 1.54) is 4.57 Å². The minimum absolute atomic E-state index is 0.0604. The van der Waals surface area contributed by atoms with Crippen molar-refractivity contribution in [3.63, 3.8) is 0 Å². The third-order valence-electron chi connectivity index (χ3n) is 4.11. The van der Waals surface area contributed by atoms with Crippen LogP contribution in [0.15, 0.2) is 33.2 Å². The number of azo groups is 1. The molecule has 0 fully saturated rings. The molecule has 1 heterocycles. The molecule has 2 rings (SSSR count). The van der Waals surface area contributed by atoms with Crippen LogP contribution in [-0.4, -0.2) is 9.67 Å². The highest BCUT2D eigenvalue weighted by Gasteiger charge is 2.18. The van der Waals surface area contributed by atoms with Crippen LogP contribution in [0.4, 0.5) is 11.4 Å². The molecule has 0 saturated carbocycles. The van der Waals surface area contributed by atoms with Gasteiger partial charge in [0, 0.05) is 12.1 Å². The standard InChI is InChI=1S/C19H22N4O2/c1-5-6-9-23-18(24)15(11-20)14(4)17(19(23)25)22-21-16-8-7-12(2)10-13(16)3/h7-8,10,24H,5-6,9H2,1-4H3. The number of nitriles is 1. The molecule has 0 radical (unpaired) electrons. The number of hydrogen-bond donors (Lipinski definition) is 1. The molecular formula is C19H22N4O2. The van der Waals surface area contributed by atoms with Gasteiger partial charge in [-0.1, -0.05) is 31.0 Å². The number of hydrogen-bond acceptors (Lipinski definition) is 5. The number of unbranched alkanes of at least 4 members (excludes halogenated alkanes) is 1. The van der Waals surface area contributed by atoms with E-state index in [1.54, 1.807) is 6.92 Å². The summed E-state index contributed by atoms with van der Waals surface area (Å²) in [5.74, 6) is -0.302. The van der Waals surface area contributed by atoms with Crippen molar-refractivity contribution in [3.05, 3.63) is 50.8 Å². The molecule has 1 N–H and O–H groups in total. The van der Waals surface area contributed by atoms with E-state index in [1.807, 2.05) is 45.0 Å². The number of aromatic nitrogens is 1. The second-order valence-electron chi connectivity index (χ2n) is 6.08. The fraction of sp³-hybridized carbons (Fsp3) is 0.368. The average molecular weight is 338 g/mol. The number of benzene rings is 1. The summed E-state index contributed by atoms with van der Waals surface area (Å²) in [5.41, 5.74) is 2.78. The Kier molecular flexibility index (Phi) is 5.71. The van der Waals surface area contributed by atoms with Gasteiger partial charge < -0.3 is 5.11 Å². The van der Waals surface area contributed by atoms with Crippen molar-refractivity contribution in [2.45, 2.75) is 47.1 Å². The van der Waals surface area contributed by atoms with Crippen LogP contribution in [0.3, 0.4) is 0 Å². The van der Waals surface area contributed by atoms with Crippen molar-refractivity contribution >= 4 is 11.4 Å². The van der Waals surface area contributed by atoms with Gasteiger partial charge in [-0.2, -0.15) is 10.4 Å². The lowest BCUT2D eigenvalue weighted by Crippen LogP contribution is -2.22. The van der Waals surface area contributed by atoms with Gasteiger partial charge in [-0.3, -0.25) is 9.36 Å². The van der Waals surface area contributed by atoms with Gasteiger partial charge >= 0.3 is 0 Å². The molecule has 0 aliphatic rings. The van der Waals surface area contributed by atoms with E-state index in [0.29, 0.717) is 17.8 Å². The molecule has 6 heteroatoms. The largest absolute Gasteiger partial charge is 0.493 e. The quantitative estimate of drug-likeness (QED) is 0.810. The SMILES string of the molecule is CCCCn1c(O)c(C#N)c(C)c(N=Nc2ccc(C)cc2C)c1=O. The average Bonchev–Trinajstić information content (AvgIpc) is 2.56. The summed E-state index contributed by atoms with van der Waals surface area (Å²) in [6.45, 7) is 7.83. The molecule has 6 nitrogen and oxygen atoms in total. The van der Waals surface area contributed by atoms with E-state index in [2.05, 4.69) is 10.2 Å². The molecule has 0 aliphatic carbocycles. The van der Waals surface area contributed by atoms with Gasteiger partial charge in [0.1, 0.15) is 11.6 Å². The lowest BCUT2D eigenvalue weighted by atomic mass is 10.1. The Labute approximate surface area is 147 Å². The van der Waals surface area contributed by atoms with Crippen LogP contribution in [0.5, 0.6) is 5.88 Å². The topological polar surface area (TPSA) is 90.7 Å². The van der Waals surface area contributed by atoms with Gasteiger partial charge in [-0.25, -0.2) is 0 Å². The summed E-state index contributed by atoms with van der Waals surface area (Å²) in [6.07, 6.45) is 1.58. The first-order valence-electron chi connectivity index (χ1n) is 8.26. The third kappa shape index (κ3) is 3.77. The van der Waals surface area contributed by atoms with E-state index < -0.39 is 5.56 Å². The third-order valence-corrected chi connectivity index (χ3v) is 4.11. The predicted octanol–water partition coefficient (Wildman–Crippen LogP) is 4.57. The van der Waals surface area contributed by atoms with Crippen LogP contribution in [0.25, 0.3) is 0 Å². The first-order valence-corrected chi connectivity index (χ1v) is 8.26. The van der Waals surface area contributed by atoms with E-state index in [4.69, 9.17) is 0 Å². The highest BCUT2D eigenvalue weighted by Crippen LogP contribution is 2.28. The first-order chi connectivity index (χ1) is 11.9. The van der Waals surface area contributed by atoms with E-state index >= 15 is 0 Å². The minimum atomic E-state index is -0.434. The summed E-state index contributed by atoms with van der Waals surface area (Å²) in [4.78, 5) is 12.7. The van der Waals surface area contributed by atoms with Crippen LogP contribution in [-0.2, 0) is 6.54 Å². The number of aryl methyl sites for hydroxylation is 2. The Morgan fingerprint density at radius 2 is 1.96 bits per heavy atom. The number of pyridine rings is 1. The van der Waals surface area contributed by atoms with Crippen LogP contribution >= 0.6 is 0 Å². The molecule has 0 unspecified atom stereocenters. The number of nitrogens with zero attached hydrogens (tertiary/aromatic N) is 4. The fourth-order valence-electron chi connectivity index (χ4n) is 2.60. The molecule has 2 aromatic rings. The zero-order valence-corrected chi connectivity index (χ0v) is 15.0. The summed E-state index contributed by atoms with van der Waals surface area (Å²) in [5, 5.41) is 27.9. The van der Waals surface area contributed by atoms with Crippen molar-refractivity contribution in [3.8, 4) is 11.9 Å². The monoisotopic (exact) mass is 338 g/mol. The second-order valence-corrected chi connectivity index (χ2v) is 6.08. The molecule has 1 aromatic heterocycles. The second kappa shape index (κ2) is 7.75. The maximum absolute atomic E-state index is 12.7. The summed E-state index contributed by atoms with van der Waals surface area (Å²) in [7, 11) is 0. The molecule has 0 saturated heterocycles. The molecular weight excluding hydrogens is 316 g/mol. The molecule has 0 aliphatic heterocycles. The van der Waals surface area contributed by atoms with Gasteiger partial charge in [0.05, 0.1) is 5.69 Å². The first kappa shape index (κ1) is 18.4. The van der Waals surface area contributed by atoms with Crippen molar-refractivity contribution < 1.29 is 5.11 Å². The van der Waals surface area contributed by atoms with Crippen molar-refractivity contribution in [2.24, 2.45) is 10.2 Å². The van der Waals surface area contributed by atoms with Crippen molar-refractivity contribution in [2.75, 3.05) is 0 Å². The van der Waals surface area contributed by atoms with Crippen molar-refractivity contribution in [1.29, 1.82) is 5.26 Å². The van der Waals surface area contributed by atoms with Gasteiger partial charge in [0.25, 0.3) is 5.56 Å². The maximum Gasteiger partial charge on any atom is 0.281 e. The van der Waals surface area contributed by atoms with Gasteiger partial charge in [-0.15, -0.1) is 5.11 Å². The highest BCUT2D eigenvalue weighted by molar-refractivity contribution is 5.57. The summed E-state index contributed by atoms with van der Waals surface area (Å²) in [6, 6.07) is 7.70. The van der Waals surface area contributed by atoms with E-state index in [-0.39, 0.29) is 17.1 Å². The van der Waals surface area contributed by atoms with E-state index in [0.717, 1.165) is 24.0 Å². The molecule has 0 spiro atoms. The summed E-state index contributed by atoms with van der Waals surface area (Å²) < 4.78 is 1.20. The predicted molar refractivity (Wildman–Crippen MR) is 96.8 cm³/mol. The van der Waals surface area contributed by atoms with Crippen LogP contribution < -0.4 is 5.56 Å². The lowest BCUT2D eigenvalue weighted by Gasteiger charge is -2.12. The zero-order chi connectivity index (χ0) is 18.6. The highest BCUT2D eigenvalue weighted by atomic mass is 16.3. The molecule has 25 heavy (non-hydrogen) atoms. The normalized spacial score (nSPS) is 11.0. The Morgan fingerprint density at radius 3 is 2.56 bits per heavy atom. The Bertz CT molecular complexity index is 920. The maximum atomic E-state index is 12.7. The van der Waals surface area contributed by atoms with Crippen LogP contribution in [0, 0.1) is 32.1 Å². The van der Waals surface area contributed by atoms with Gasteiger partial charge in [0.15, 0.2) is 5.69 Å². The molecule has 130 valence electrons. The van der Waals surface area contributed by atoms with E-state index in [9.17, 15) is 15.2 Å². The zero-order valence-electron chi connectivity index (χ0n) is 15.0. The summed E-state index contributed by atoms with van der Waals surface area (Å²) >= 11 is 0. The molecule has 1 aromatic carbocycles. The Morgan fingerprint density at radius 1 is 1.24 bits per heavy atom. The van der Waals surface area contributed by atoms with Crippen molar-refractivity contribution in [1.82, 2.24) is 4.57 Å². The van der Waals surface area contributed by atoms with Gasteiger partial charge in [-0.05, 0) is 38.8 Å². The molecule has 0 atom stereocenters. The fourth-order valence-corrected chi connectivity index (χ4v) is 2.60. The van der Waals surface area contributed by atoms with Crippen LogP contribution in [0.2, 0.25) is 0 Å². The minimum Gasteiger partial charge on any atom is -0.493 e. The molecule has 0 bridgehead atoms. The smallest absolute Gasteiger partial charge is 0.281 e. The number of aromatic hydroxyl groups is 1. The Balaban J connectivity index is 2.58. The Hall–Kier alpha value is -2.94.